The fourth-order valence-electron chi connectivity index (χ4n) is 2.90. The Morgan fingerprint density at radius 1 is 1.33 bits per heavy atom. The zero-order valence-electron chi connectivity index (χ0n) is 14.5. The van der Waals surface area contributed by atoms with Crippen LogP contribution in [0.2, 0.25) is 0 Å². The van der Waals surface area contributed by atoms with Crippen molar-refractivity contribution in [3.63, 3.8) is 0 Å². The molecule has 3 N–H and O–H groups in total. The van der Waals surface area contributed by atoms with Gasteiger partial charge in [0.05, 0.1) is 19.3 Å². The summed E-state index contributed by atoms with van der Waals surface area (Å²) in [5, 5.41) is 2.98. The maximum Gasteiger partial charge on any atom is 0.220 e. The molecule has 1 aromatic carbocycles. The van der Waals surface area contributed by atoms with Crippen LogP contribution in [0.25, 0.3) is 0 Å². The lowest BCUT2D eigenvalue weighted by atomic mass is 10.1. The smallest absolute Gasteiger partial charge is 0.220 e. The van der Waals surface area contributed by atoms with Crippen LogP contribution in [0.3, 0.4) is 0 Å². The molecular weight excluding hydrogens is 328 g/mol. The summed E-state index contributed by atoms with van der Waals surface area (Å²) in [6.45, 7) is 2.50. The maximum absolute atomic E-state index is 11.8. The highest BCUT2D eigenvalue weighted by atomic mass is 35.5. The van der Waals surface area contributed by atoms with Crippen molar-refractivity contribution in [2.45, 2.75) is 57.6 Å². The Morgan fingerprint density at radius 2 is 2.04 bits per heavy atom. The van der Waals surface area contributed by atoms with Crippen molar-refractivity contribution in [2.24, 2.45) is 5.73 Å². The highest BCUT2D eigenvalue weighted by Gasteiger charge is 2.19. The molecule has 0 bridgehead atoms. The Hall–Kier alpha value is -1.46. The number of nitrogens with one attached hydrogen (secondary N) is 1. The van der Waals surface area contributed by atoms with Gasteiger partial charge in [-0.05, 0) is 63.3 Å². The summed E-state index contributed by atoms with van der Waals surface area (Å²) < 4.78 is 11.5. The van der Waals surface area contributed by atoms with Crippen LogP contribution in [0.15, 0.2) is 18.2 Å². The zero-order chi connectivity index (χ0) is 16.7. The van der Waals surface area contributed by atoms with Crippen molar-refractivity contribution in [1.82, 2.24) is 5.32 Å². The first-order chi connectivity index (χ1) is 11.1. The van der Waals surface area contributed by atoms with Crippen LogP contribution in [0, 0.1) is 0 Å². The second-order valence-electron chi connectivity index (χ2n) is 6.12. The Bertz CT molecular complexity index is 519. The zero-order valence-corrected chi connectivity index (χ0v) is 15.4. The number of benzene rings is 1. The molecule has 1 saturated carbocycles. The van der Waals surface area contributed by atoms with Gasteiger partial charge in [-0.3, -0.25) is 4.79 Å². The van der Waals surface area contributed by atoms with Gasteiger partial charge in [-0.25, -0.2) is 0 Å². The van der Waals surface area contributed by atoms with Crippen LogP contribution < -0.4 is 20.5 Å². The number of amides is 1. The van der Waals surface area contributed by atoms with Crippen molar-refractivity contribution < 1.29 is 14.3 Å². The average molecular weight is 357 g/mol. The summed E-state index contributed by atoms with van der Waals surface area (Å²) >= 11 is 0. The molecule has 1 amide bonds. The van der Waals surface area contributed by atoms with Crippen molar-refractivity contribution >= 4 is 18.3 Å². The van der Waals surface area contributed by atoms with E-state index in [4.69, 9.17) is 15.2 Å². The number of halogens is 1. The summed E-state index contributed by atoms with van der Waals surface area (Å²) in [6.07, 6.45) is 6.14. The summed E-state index contributed by atoms with van der Waals surface area (Å²) in [4.78, 5) is 11.8. The van der Waals surface area contributed by atoms with Crippen LogP contribution in [-0.4, -0.2) is 25.7 Å². The van der Waals surface area contributed by atoms with E-state index in [-0.39, 0.29) is 24.4 Å². The highest BCUT2D eigenvalue weighted by Crippen LogP contribution is 2.33. The minimum absolute atomic E-state index is 0. The second-order valence-corrected chi connectivity index (χ2v) is 6.12. The molecule has 0 aromatic heterocycles. The maximum atomic E-state index is 11.8. The molecule has 1 aromatic rings. The highest BCUT2D eigenvalue weighted by molar-refractivity contribution is 5.85. The quantitative estimate of drug-likeness (QED) is 0.749. The molecule has 0 spiro atoms. The van der Waals surface area contributed by atoms with Gasteiger partial charge in [-0.2, -0.15) is 0 Å². The topological polar surface area (TPSA) is 73.6 Å². The van der Waals surface area contributed by atoms with Gasteiger partial charge < -0.3 is 20.5 Å². The SMILES string of the molecule is COc1cc(C(C)NC(=O)CCCN)ccc1OC1CCCC1.Cl. The molecule has 136 valence electrons. The normalized spacial score (nSPS) is 15.5. The van der Waals surface area contributed by atoms with Crippen molar-refractivity contribution in [1.29, 1.82) is 0 Å². The monoisotopic (exact) mass is 356 g/mol. The molecule has 0 aliphatic heterocycles. The largest absolute Gasteiger partial charge is 0.493 e. The van der Waals surface area contributed by atoms with Crippen molar-refractivity contribution in [3.05, 3.63) is 23.8 Å². The molecule has 0 saturated heterocycles. The number of hydrogen-bond donors (Lipinski definition) is 2. The molecule has 6 heteroatoms. The van der Waals surface area contributed by atoms with Crippen LogP contribution in [-0.2, 0) is 4.79 Å². The average Bonchev–Trinajstić information content (AvgIpc) is 3.06. The summed E-state index contributed by atoms with van der Waals surface area (Å²) in [5.74, 6) is 1.52. The van der Waals surface area contributed by atoms with E-state index in [2.05, 4.69) is 5.32 Å². The number of carbonyl (C=O) groups is 1. The van der Waals surface area contributed by atoms with Gasteiger partial charge in [0.15, 0.2) is 11.5 Å². The van der Waals surface area contributed by atoms with E-state index in [1.54, 1.807) is 7.11 Å². The molecular formula is C18H29ClN2O3. The molecule has 0 radical (unpaired) electrons. The number of ether oxygens (including phenoxy) is 2. The van der Waals surface area contributed by atoms with Gasteiger partial charge in [0, 0.05) is 6.42 Å². The van der Waals surface area contributed by atoms with Gasteiger partial charge in [-0.15, -0.1) is 12.4 Å². The molecule has 1 aliphatic rings. The van der Waals surface area contributed by atoms with Crippen LogP contribution in [0.1, 0.15) is 57.1 Å². The number of carbonyl (C=O) groups excluding carboxylic acids is 1. The van der Waals surface area contributed by atoms with E-state index in [9.17, 15) is 4.79 Å². The van der Waals surface area contributed by atoms with Crippen molar-refractivity contribution in [2.75, 3.05) is 13.7 Å². The third kappa shape index (κ3) is 5.87. The molecule has 1 aliphatic carbocycles. The van der Waals surface area contributed by atoms with Gasteiger partial charge in [0.2, 0.25) is 5.91 Å². The number of methoxy groups -OCH3 is 1. The molecule has 5 nitrogen and oxygen atoms in total. The van der Waals surface area contributed by atoms with Gasteiger partial charge in [-0.1, -0.05) is 6.07 Å². The van der Waals surface area contributed by atoms with E-state index in [1.165, 1.54) is 12.8 Å². The van der Waals surface area contributed by atoms with Crippen molar-refractivity contribution in [3.8, 4) is 11.5 Å². The second kappa shape index (κ2) is 10.4. The van der Waals surface area contributed by atoms with Gasteiger partial charge in [0.1, 0.15) is 0 Å². The molecule has 2 rings (SSSR count). The minimum atomic E-state index is -0.0743. The van der Waals surface area contributed by atoms with Gasteiger partial charge >= 0.3 is 0 Å². The number of nitrogens with two attached hydrogens (primary N) is 1. The third-order valence-corrected chi connectivity index (χ3v) is 4.27. The number of rotatable bonds is 8. The standard InChI is InChI=1S/C18H28N2O3.ClH/c1-13(20-18(21)8-5-11-19)14-9-10-16(17(12-14)22-2)23-15-6-3-4-7-15;/h9-10,12-13,15H,3-8,11,19H2,1-2H3,(H,20,21);1H. The first kappa shape index (κ1) is 20.6. The predicted molar refractivity (Wildman–Crippen MR) is 98.0 cm³/mol. The van der Waals surface area contributed by atoms with E-state index < -0.39 is 0 Å². The molecule has 1 unspecified atom stereocenters. The molecule has 1 atom stereocenters. The Kier molecular flexibility index (Phi) is 8.93. The Balaban J connectivity index is 0.00000288. The molecule has 0 heterocycles. The van der Waals surface area contributed by atoms with Gasteiger partial charge in [0.25, 0.3) is 0 Å². The Labute approximate surface area is 150 Å². The Morgan fingerprint density at radius 3 is 2.67 bits per heavy atom. The summed E-state index contributed by atoms with van der Waals surface area (Å²) in [6, 6.07) is 5.79. The first-order valence-corrected chi connectivity index (χ1v) is 8.48. The van der Waals surface area contributed by atoms with Crippen LogP contribution in [0.4, 0.5) is 0 Å². The first-order valence-electron chi connectivity index (χ1n) is 8.48. The summed E-state index contributed by atoms with van der Waals surface area (Å²) in [7, 11) is 1.64. The lowest BCUT2D eigenvalue weighted by molar-refractivity contribution is -0.121. The number of hydrogen-bond acceptors (Lipinski definition) is 4. The van der Waals surface area contributed by atoms with E-state index >= 15 is 0 Å². The minimum Gasteiger partial charge on any atom is -0.493 e. The van der Waals surface area contributed by atoms with Crippen LogP contribution >= 0.6 is 12.4 Å². The van der Waals surface area contributed by atoms with E-state index in [1.807, 2.05) is 25.1 Å². The fraction of sp³-hybridized carbons (Fsp3) is 0.611. The predicted octanol–water partition coefficient (Wildman–Crippen LogP) is 3.35. The van der Waals surface area contributed by atoms with E-state index in [0.717, 1.165) is 29.9 Å². The lowest BCUT2D eigenvalue weighted by Crippen LogP contribution is -2.27. The van der Waals surface area contributed by atoms with Crippen LogP contribution in [0.5, 0.6) is 11.5 Å². The summed E-state index contributed by atoms with van der Waals surface area (Å²) in [5.41, 5.74) is 6.43. The fourth-order valence-corrected chi connectivity index (χ4v) is 2.90. The lowest BCUT2D eigenvalue weighted by Gasteiger charge is -2.19. The van der Waals surface area contributed by atoms with E-state index in [0.29, 0.717) is 25.5 Å². The molecule has 24 heavy (non-hydrogen) atoms. The molecule has 1 fully saturated rings. The third-order valence-electron chi connectivity index (χ3n) is 4.27.